The van der Waals surface area contributed by atoms with Gasteiger partial charge >= 0.3 is 0 Å². The fourth-order valence-electron chi connectivity index (χ4n) is 3.33. The SMILES string of the molecule is CN(CC(C)(C)CN)C(=O)c1ccc2c(c1)C(=O)N(Cc1ccccc1)C2=O. The number of nitrogens with two attached hydrogens (primary N) is 1. The molecule has 0 spiro atoms. The van der Waals surface area contributed by atoms with E-state index in [0.717, 1.165) is 5.56 Å². The first-order valence-electron chi connectivity index (χ1n) is 9.23. The molecule has 0 saturated heterocycles. The summed E-state index contributed by atoms with van der Waals surface area (Å²) in [5.74, 6) is -0.907. The molecule has 1 aliphatic rings. The number of hydrogen-bond acceptors (Lipinski definition) is 4. The third-order valence-corrected chi connectivity index (χ3v) is 4.97. The maximum absolute atomic E-state index is 12.8. The molecule has 0 bridgehead atoms. The van der Waals surface area contributed by atoms with Gasteiger partial charge in [-0.25, -0.2) is 0 Å². The van der Waals surface area contributed by atoms with Crippen molar-refractivity contribution in [1.29, 1.82) is 0 Å². The van der Waals surface area contributed by atoms with Crippen LogP contribution in [0.3, 0.4) is 0 Å². The van der Waals surface area contributed by atoms with Gasteiger partial charge in [0.25, 0.3) is 17.7 Å². The van der Waals surface area contributed by atoms with Gasteiger partial charge in [-0.1, -0.05) is 44.2 Å². The molecule has 2 N–H and O–H groups in total. The Morgan fingerprint density at radius 2 is 1.68 bits per heavy atom. The average Bonchev–Trinajstić information content (AvgIpc) is 2.92. The molecule has 2 aromatic rings. The molecular weight excluding hydrogens is 354 g/mol. The van der Waals surface area contributed by atoms with Crippen molar-refractivity contribution in [2.45, 2.75) is 20.4 Å². The highest BCUT2D eigenvalue weighted by Crippen LogP contribution is 2.26. The summed E-state index contributed by atoms with van der Waals surface area (Å²) in [4.78, 5) is 41.0. The van der Waals surface area contributed by atoms with E-state index in [9.17, 15) is 14.4 Å². The molecule has 2 aromatic carbocycles. The normalized spacial score (nSPS) is 13.6. The van der Waals surface area contributed by atoms with E-state index < -0.39 is 0 Å². The van der Waals surface area contributed by atoms with Crippen molar-refractivity contribution in [3.05, 3.63) is 70.8 Å². The molecule has 0 aliphatic carbocycles. The summed E-state index contributed by atoms with van der Waals surface area (Å²) in [5.41, 5.74) is 7.41. The van der Waals surface area contributed by atoms with Gasteiger partial charge in [0, 0.05) is 19.2 Å². The molecule has 28 heavy (non-hydrogen) atoms. The summed E-state index contributed by atoms with van der Waals surface area (Å²) >= 11 is 0. The van der Waals surface area contributed by atoms with Gasteiger partial charge < -0.3 is 10.6 Å². The van der Waals surface area contributed by atoms with Crippen LogP contribution in [-0.2, 0) is 6.54 Å². The van der Waals surface area contributed by atoms with Crippen LogP contribution in [-0.4, -0.2) is 47.7 Å². The Hall–Kier alpha value is -2.99. The number of imide groups is 1. The summed E-state index contributed by atoms with van der Waals surface area (Å²) < 4.78 is 0. The smallest absolute Gasteiger partial charge is 0.261 e. The minimum Gasteiger partial charge on any atom is -0.341 e. The van der Waals surface area contributed by atoms with Gasteiger partial charge in [0.15, 0.2) is 0 Å². The van der Waals surface area contributed by atoms with Crippen LogP contribution >= 0.6 is 0 Å². The van der Waals surface area contributed by atoms with Crippen LogP contribution in [0, 0.1) is 5.41 Å². The van der Waals surface area contributed by atoms with Crippen LogP contribution in [0.15, 0.2) is 48.5 Å². The van der Waals surface area contributed by atoms with E-state index in [0.29, 0.717) is 24.2 Å². The van der Waals surface area contributed by atoms with Crippen LogP contribution < -0.4 is 5.73 Å². The average molecular weight is 379 g/mol. The monoisotopic (exact) mass is 379 g/mol. The van der Waals surface area contributed by atoms with Gasteiger partial charge in [-0.05, 0) is 35.7 Å². The van der Waals surface area contributed by atoms with Gasteiger partial charge in [-0.2, -0.15) is 0 Å². The van der Waals surface area contributed by atoms with Crippen molar-refractivity contribution in [3.63, 3.8) is 0 Å². The first-order chi connectivity index (χ1) is 13.2. The number of amides is 3. The van der Waals surface area contributed by atoms with Crippen LogP contribution in [0.1, 0.15) is 50.5 Å². The summed E-state index contributed by atoms with van der Waals surface area (Å²) in [6, 6.07) is 14.0. The van der Waals surface area contributed by atoms with Crippen molar-refractivity contribution in [1.82, 2.24) is 9.80 Å². The molecule has 0 aromatic heterocycles. The first-order valence-corrected chi connectivity index (χ1v) is 9.23. The second kappa shape index (κ2) is 7.56. The second-order valence-electron chi connectivity index (χ2n) is 7.97. The molecule has 6 heteroatoms. The van der Waals surface area contributed by atoms with E-state index in [2.05, 4.69) is 0 Å². The van der Waals surface area contributed by atoms with E-state index >= 15 is 0 Å². The number of benzene rings is 2. The zero-order chi connectivity index (χ0) is 20.5. The van der Waals surface area contributed by atoms with Gasteiger partial charge in [-0.3, -0.25) is 19.3 Å². The predicted octanol–water partition coefficient (Wildman–Crippen LogP) is 2.54. The van der Waals surface area contributed by atoms with Crippen molar-refractivity contribution < 1.29 is 14.4 Å². The Morgan fingerprint density at radius 3 is 2.32 bits per heavy atom. The van der Waals surface area contributed by atoms with Crippen molar-refractivity contribution in [2.24, 2.45) is 11.1 Å². The molecule has 0 radical (unpaired) electrons. The summed E-state index contributed by atoms with van der Waals surface area (Å²) in [7, 11) is 1.71. The van der Waals surface area contributed by atoms with Gasteiger partial charge in [0.2, 0.25) is 0 Å². The molecule has 6 nitrogen and oxygen atoms in total. The number of hydrogen-bond donors (Lipinski definition) is 1. The van der Waals surface area contributed by atoms with Crippen molar-refractivity contribution in [3.8, 4) is 0 Å². The number of carbonyl (C=O) groups is 3. The molecule has 0 unspecified atom stereocenters. The predicted molar refractivity (Wildman–Crippen MR) is 107 cm³/mol. The lowest BCUT2D eigenvalue weighted by Gasteiger charge is -2.29. The molecule has 0 saturated carbocycles. The van der Waals surface area contributed by atoms with Crippen molar-refractivity contribution >= 4 is 17.7 Å². The van der Waals surface area contributed by atoms with E-state index in [-0.39, 0.29) is 35.2 Å². The van der Waals surface area contributed by atoms with Crippen molar-refractivity contribution in [2.75, 3.05) is 20.1 Å². The van der Waals surface area contributed by atoms with Crippen LogP contribution in [0.2, 0.25) is 0 Å². The number of carbonyl (C=O) groups excluding carboxylic acids is 3. The van der Waals surface area contributed by atoms with Crippen LogP contribution in [0.5, 0.6) is 0 Å². The fourth-order valence-corrected chi connectivity index (χ4v) is 3.33. The Morgan fingerprint density at radius 1 is 1.04 bits per heavy atom. The lowest BCUT2D eigenvalue weighted by molar-refractivity contribution is 0.0642. The third-order valence-electron chi connectivity index (χ3n) is 4.97. The second-order valence-corrected chi connectivity index (χ2v) is 7.97. The Bertz CT molecular complexity index is 922. The zero-order valence-corrected chi connectivity index (χ0v) is 16.4. The lowest BCUT2D eigenvalue weighted by atomic mass is 9.93. The molecule has 1 heterocycles. The Balaban J connectivity index is 1.82. The largest absolute Gasteiger partial charge is 0.341 e. The highest BCUT2D eigenvalue weighted by atomic mass is 16.2. The molecule has 0 fully saturated rings. The summed E-state index contributed by atoms with van der Waals surface area (Å²) in [5, 5.41) is 0. The summed E-state index contributed by atoms with van der Waals surface area (Å²) in [6.45, 7) is 5.13. The lowest BCUT2D eigenvalue weighted by Crippen LogP contribution is -2.39. The number of rotatable bonds is 6. The minimum absolute atomic E-state index is 0.203. The minimum atomic E-state index is -0.372. The van der Waals surface area contributed by atoms with E-state index in [4.69, 9.17) is 5.73 Å². The molecule has 3 amide bonds. The van der Waals surface area contributed by atoms with Gasteiger partial charge in [-0.15, -0.1) is 0 Å². The molecule has 1 aliphatic heterocycles. The number of nitrogens with zero attached hydrogens (tertiary/aromatic N) is 2. The Labute approximate surface area is 164 Å². The highest BCUT2D eigenvalue weighted by Gasteiger charge is 2.36. The Kier molecular flexibility index (Phi) is 5.34. The number of fused-ring (bicyclic) bond motifs is 1. The zero-order valence-electron chi connectivity index (χ0n) is 16.4. The van der Waals surface area contributed by atoms with E-state index in [1.54, 1.807) is 24.1 Å². The molecule has 0 atom stereocenters. The maximum atomic E-state index is 12.8. The van der Waals surface area contributed by atoms with Gasteiger partial charge in [0.05, 0.1) is 17.7 Å². The van der Waals surface area contributed by atoms with E-state index in [1.807, 2.05) is 44.2 Å². The standard InChI is InChI=1S/C22H25N3O3/c1-22(2,13-23)14-24(3)19(26)16-9-10-17-18(11-16)21(28)25(20(17)27)12-15-7-5-4-6-8-15/h4-11H,12-14,23H2,1-3H3. The maximum Gasteiger partial charge on any atom is 0.261 e. The molecule has 3 rings (SSSR count). The van der Waals surface area contributed by atoms with Crippen LogP contribution in [0.25, 0.3) is 0 Å². The molecule has 146 valence electrons. The highest BCUT2D eigenvalue weighted by molar-refractivity contribution is 6.22. The van der Waals surface area contributed by atoms with Crippen LogP contribution in [0.4, 0.5) is 0 Å². The topological polar surface area (TPSA) is 83.7 Å². The quantitative estimate of drug-likeness (QED) is 0.782. The summed E-state index contributed by atoms with van der Waals surface area (Å²) in [6.07, 6.45) is 0. The molecular formula is C22H25N3O3. The third kappa shape index (κ3) is 3.82. The fraction of sp³-hybridized carbons (Fsp3) is 0.318. The van der Waals surface area contributed by atoms with E-state index in [1.165, 1.54) is 11.0 Å². The first kappa shape index (κ1) is 19.8. The van der Waals surface area contributed by atoms with Gasteiger partial charge in [0.1, 0.15) is 0 Å².